The molecular formula is C15H10ClN3O3. The van der Waals surface area contributed by atoms with Crippen LogP contribution in [0.1, 0.15) is 10.4 Å². The zero-order chi connectivity index (χ0) is 15.7. The molecule has 2 heterocycles. The molecule has 2 aromatic heterocycles. The molecule has 0 fully saturated rings. The smallest absolute Gasteiger partial charge is 0.274 e. The third-order valence-corrected chi connectivity index (χ3v) is 3.39. The van der Waals surface area contributed by atoms with E-state index in [1.54, 1.807) is 42.5 Å². The maximum atomic E-state index is 12.3. The molecule has 22 heavy (non-hydrogen) atoms. The van der Waals surface area contributed by atoms with E-state index in [0.717, 1.165) is 0 Å². The van der Waals surface area contributed by atoms with Crippen molar-refractivity contribution in [1.82, 2.24) is 9.38 Å². The zero-order valence-electron chi connectivity index (χ0n) is 11.2. The fraction of sp³-hybridized carbons (Fsp3) is 0. The number of fused-ring (bicyclic) bond motifs is 1. The molecule has 6 nitrogen and oxygen atoms in total. The second kappa shape index (κ2) is 5.50. The minimum atomic E-state index is -0.777. The van der Waals surface area contributed by atoms with E-state index in [1.807, 2.05) is 0 Å². The SMILES string of the molecule is O=C(Nc1ccccc1Cl)c1c(O)nc2ccccn2c1=O. The van der Waals surface area contributed by atoms with E-state index in [1.165, 1.54) is 10.6 Å². The Labute approximate surface area is 129 Å². The molecular weight excluding hydrogens is 306 g/mol. The average Bonchev–Trinajstić information content (AvgIpc) is 2.49. The Morgan fingerprint density at radius 3 is 2.68 bits per heavy atom. The first-order chi connectivity index (χ1) is 10.6. The van der Waals surface area contributed by atoms with Gasteiger partial charge in [-0.05, 0) is 24.3 Å². The van der Waals surface area contributed by atoms with Gasteiger partial charge in [0.1, 0.15) is 5.65 Å². The van der Waals surface area contributed by atoms with Gasteiger partial charge in [-0.15, -0.1) is 0 Å². The zero-order valence-corrected chi connectivity index (χ0v) is 11.9. The molecule has 3 rings (SSSR count). The van der Waals surface area contributed by atoms with E-state index >= 15 is 0 Å². The summed E-state index contributed by atoms with van der Waals surface area (Å²) in [6, 6.07) is 11.4. The van der Waals surface area contributed by atoms with Crippen LogP contribution in [0, 0.1) is 0 Å². The minimum Gasteiger partial charge on any atom is -0.493 e. The van der Waals surface area contributed by atoms with E-state index in [2.05, 4.69) is 10.3 Å². The quantitative estimate of drug-likeness (QED) is 0.760. The molecule has 0 radical (unpaired) electrons. The first-order valence-corrected chi connectivity index (χ1v) is 6.72. The lowest BCUT2D eigenvalue weighted by Crippen LogP contribution is -2.27. The Bertz CT molecular complexity index is 937. The van der Waals surface area contributed by atoms with Crippen LogP contribution < -0.4 is 10.9 Å². The molecule has 0 bridgehead atoms. The minimum absolute atomic E-state index is 0.249. The van der Waals surface area contributed by atoms with Gasteiger partial charge in [0, 0.05) is 6.20 Å². The Morgan fingerprint density at radius 2 is 1.91 bits per heavy atom. The van der Waals surface area contributed by atoms with Crippen LogP contribution in [0.15, 0.2) is 53.5 Å². The Balaban J connectivity index is 2.08. The number of para-hydroxylation sites is 1. The third kappa shape index (κ3) is 2.40. The molecule has 0 spiro atoms. The molecule has 0 unspecified atom stereocenters. The summed E-state index contributed by atoms with van der Waals surface area (Å²) in [4.78, 5) is 28.4. The predicted molar refractivity (Wildman–Crippen MR) is 82.5 cm³/mol. The van der Waals surface area contributed by atoms with Gasteiger partial charge in [-0.25, -0.2) is 0 Å². The third-order valence-electron chi connectivity index (χ3n) is 3.06. The number of nitrogens with zero attached hydrogens (tertiary/aromatic N) is 2. The molecule has 110 valence electrons. The largest absolute Gasteiger partial charge is 0.493 e. The average molecular weight is 316 g/mol. The molecule has 0 aliphatic heterocycles. The van der Waals surface area contributed by atoms with Gasteiger partial charge in [-0.3, -0.25) is 14.0 Å². The maximum absolute atomic E-state index is 12.3. The Morgan fingerprint density at radius 1 is 1.18 bits per heavy atom. The summed E-state index contributed by atoms with van der Waals surface area (Å²) in [5.74, 6) is -1.40. The first kappa shape index (κ1) is 14.1. The topological polar surface area (TPSA) is 83.7 Å². The molecule has 2 N–H and O–H groups in total. The van der Waals surface area contributed by atoms with Crippen molar-refractivity contribution >= 4 is 28.8 Å². The van der Waals surface area contributed by atoms with E-state index < -0.39 is 22.9 Å². The lowest BCUT2D eigenvalue weighted by Gasteiger charge is -2.08. The van der Waals surface area contributed by atoms with Crippen molar-refractivity contribution in [2.75, 3.05) is 5.32 Å². The summed E-state index contributed by atoms with van der Waals surface area (Å²) in [5, 5.41) is 12.7. The van der Waals surface area contributed by atoms with Gasteiger partial charge in [0.05, 0.1) is 10.7 Å². The van der Waals surface area contributed by atoms with E-state index in [9.17, 15) is 14.7 Å². The fourth-order valence-electron chi connectivity index (χ4n) is 2.02. The van der Waals surface area contributed by atoms with Crippen molar-refractivity contribution < 1.29 is 9.90 Å². The van der Waals surface area contributed by atoms with E-state index in [-0.39, 0.29) is 5.65 Å². The van der Waals surface area contributed by atoms with Gasteiger partial charge in [-0.2, -0.15) is 4.98 Å². The monoisotopic (exact) mass is 315 g/mol. The number of pyridine rings is 1. The van der Waals surface area contributed by atoms with Crippen molar-refractivity contribution in [3.05, 3.63) is 69.6 Å². The number of carbonyl (C=O) groups is 1. The number of hydrogen-bond donors (Lipinski definition) is 2. The number of aromatic nitrogens is 2. The van der Waals surface area contributed by atoms with Crippen molar-refractivity contribution in [3.63, 3.8) is 0 Å². The number of nitrogens with one attached hydrogen (secondary N) is 1. The van der Waals surface area contributed by atoms with Crippen LogP contribution >= 0.6 is 11.6 Å². The second-order valence-corrected chi connectivity index (χ2v) is 4.89. The molecule has 3 aromatic rings. The first-order valence-electron chi connectivity index (χ1n) is 6.34. The van der Waals surface area contributed by atoms with Crippen molar-refractivity contribution in [2.24, 2.45) is 0 Å². The number of anilines is 1. The highest BCUT2D eigenvalue weighted by Gasteiger charge is 2.20. The van der Waals surface area contributed by atoms with Crippen LogP contribution in [0.2, 0.25) is 5.02 Å². The number of rotatable bonds is 2. The molecule has 0 aliphatic carbocycles. The molecule has 1 aromatic carbocycles. The molecule has 1 amide bonds. The van der Waals surface area contributed by atoms with Crippen molar-refractivity contribution in [3.8, 4) is 5.88 Å². The summed E-state index contributed by atoms with van der Waals surface area (Å²) in [6.07, 6.45) is 1.47. The highest BCUT2D eigenvalue weighted by atomic mass is 35.5. The lowest BCUT2D eigenvalue weighted by molar-refractivity contribution is 0.102. The lowest BCUT2D eigenvalue weighted by atomic mass is 10.2. The summed E-state index contributed by atoms with van der Waals surface area (Å²) >= 11 is 5.95. The van der Waals surface area contributed by atoms with E-state index in [0.29, 0.717) is 10.7 Å². The molecule has 0 saturated heterocycles. The van der Waals surface area contributed by atoms with Gasteiger partial charge >= 0.3 is 0 Å². The normalized spacial score (nSPS) is 10.6. The number of amides is 1. The highest BCUT2D eigenvalue weighted by molar-refractivity contribution is 6.33. The summed E-state index contributed by atoms with van der Waals surface area (Å²) in [7, 11) is 0. The van der Waals surface area contributed by atoms with Crippen LogP contribution in [0.4, 0.5) is 5.69 Å². The highest BCUT2D eigenvalue weighted by Crippen LogP contribution is 2.22. The Kier molecular flexibility index (Phi) is 3.52. The van der Waals surface area contributed by atoms with Crippen molar-refractivity contribution in [2.45, 2.75) is 0 Å². The number of hydrogen-bond acceptors (Lipinski definition) is 4. The molecule has 7 heteroatoms. The molecule has 0 atom stereocenters. The number of aromatic hydroxyl groups is 1. The fourth-order valence-corrected chi connectivity index (χ4v) is 2.21. The molecule has 0 aliphatic rings. The van der Waals surface area contributed by atoms with Crippen LogP contribution in [-0.4, -0.2) is 20.4 Å². The predicted octanol–water partition coefficient (Wildman–Crippen LogP) is 2.31. The van der Waals surface area contributed by atoms with Gasteiger partial charge in [-0.1, -0.05) is 29.8 Å². The van der Waals surface area contributed by atoms with Crippen molar-refractivity contribution in [1.29, 1.82) is 0 Å². The summed E-state index contributed by atoms with van der Waals surface area (Å²) in [5.41, 5.74) is -0.512. The number of halogens is 1. The van der Waals surface area contributed by atoms with Gasteiger partial charge in [0.25, 0.3) is 11.5 Å². The summed E-state index contributed by atoms with van der Waals surface area (Å²) < 4.78 is 1.18. The van der Waals surface area contributed by atoms with Crippen LogP contribution in [0.25, 0.3) is 5.65 Å². The Hall–Kier alpha value is -2.86. The van der Waals surface area contributed by atoms with Crippen LogP contribution in [0.3, 0.4) is 0 Å². The summed E-state index contributed by atoms with van der Waals surface area (Å²) in [6.45, 7) is 0. The van der Waals surface area contributed by atoms with E-state index in [4.69, 9.17) is 11.6 Å². The maximum Gasteiger partial charge on any atom is 0.274 e. The number of benzene rings is 1. The van der Waals surface area contributed by atoms with Gasteiger partial charge < -0.3 is 10.4 Å². The number of carbonyl (C=O) groups excluding carboxylic acids is 1. The van der Waals surface area contributed by atoms with Gasteiger partial charge in [0.15, 0.2) is 5.56 Å². The second-order valence-electron chi connectivity index (χ2n) is 4.48. The standard InChI is InChI=1S/C15H10ClN3O3/c16-9-5-1-2-6-10(9)17-13(20)12-14(21)18-11-7-3-4-8-19(11)15(12)22/h1-8,21H,(H,17,20). The van der Waals surface area contributed by atoms with Crippen LogP contribution in [-0.2, 0) is 0 Å². The van der Waals surface area contributed by atoms with Gasteiger partial charge in [0.2, 0.25) is 5.88 Å². The molecule has 0 saturated carbocycles. The van der Waals surface area contributed by atoms with Crippen LogP contribution in [0.5, 0.6) is 5.88 Å².